The van der Waals surface area contributed by atoms with E-state index in [4.69, 9.17) is 5.73 Å². The second kappa shape index (κ2) is 7.34. The fraction of sp³-hybridized carbons (Fsp3) is 0. The highest BCUT2D eigenvalue weighted by molar-refractivity contribution is 7.58. The fourth-order valence-corrected chi connectivity index (χ4v) is 3.10. The van der Waals surface area contributed by atoms with Crippen LogP contribution in [0.15, 0.2) is 78.7 Å². The molecule has 1 aromatic rings. The summed E-state index contributed by atoms with van der Waals surface area (Å²) >= 11 is 0. The van der Waals surface area contributed by atoms with Crippen LogP contribution in [0.2, 0.25) is 0 Å². The Kier molecular flexibility index (Phi) is 5.77. The molecule has 1 rings (SSSR count). The van der Waals surface area contributed by atoms with Gasteiger partial charge in [0.1, 0.15) is 7.80 Å². The second-order valence-electron chi connectivity index (χ2n) is 3.69. The van der Waals surface area contributed by atoms with Crippen LogP contribution in [-0.2, 0) is 9.36 Å². The Hall–Kier alpha value is -2.12. The molecular weight excluding hydrogens is 257 g/mol. The number of benzene rings is 1. The molecule has 98 valence electrons. The lowest BCUT2D eigenvalue weighted by Crippen LogP contribution is -2.15. The molecule has 1 aromatic carbocycles. The maximum atomic E-state index is 12.5. The monoisotopic (exact) mass is 273 g/mol. The normalized spacial score (nSPS) is 13.7. The van der Waals surface area contributed by atoms with Gasteiger partial charge in [-0.05, 0) is 6.08 Å². The Bertz CT molecular complexity index is 571. The topological polar surface area (TPSA) is 60.2 Å². The highest BCUT2D eigenvalue weighted by Gasteiger charge is 2.17. The first-order chi connectivity index (χ1) is 9.11. The summed E-state index contributed by atoms with van der Waals surface area (Å²) in [5.74, 6) is -0.637. The van der Waals surface area contributed by atoms with Gasteiger partial charge < -0.3 is 10.3 Å². The van der Waals surface area contributed by atoms with E-state index in [-0.39, 0.29) is 5.57 Å². The van der Waals surface area contributed by atoms with Gasteiger partial charge in [0.15, 0.2) is 0 Å². The van der Waals surface area contributed by atoms with Crippen LogP contribution in [0.25, 0.3) is 0 Å². The van der Waals surface area contributed by atoms with Crippen LogP contribution in [0.3, 0.4) is 0 Å². The Morgan fingerprint density at radius 1 is 1.11 bits per heavy atom. The molecule has 1 unspecified atom stereocenters. The van der Waals surface area contributed by atoms with Crippen molar-refractivity contribution in [2.24, 2.45) is 5.73 Å². The average molecular weight is 273 g/mol. The van der Waals surface area contributed by atoms with Crippen molar-refractivity contribution in [3.63, 3.8) is 0 Å². The predicted octanol–water partition coefficient (Wildman–Crippen LogP) is 2.54. The van der Waals surface area contributed by atoms with E-state index in [9.17, 15) is 9.36 Å². The largest absolute Gasteiger partial charge is 0.366 e. The molecule has 0 aromatic heterocycles. The summed E-state index contributed by atoms with van der Waals surface area (Å²) in [5, 5.41) is 1.05. The Balaban J connectivity index is 3.30. The van der Waals surface area contributed by atoms with Gasteiger partial charge in [0.25, 0.3) is 0 Å². The van der Waals surface area contributed by atoms with E-state index < -0.39 is 13.7 Å². The number of allylic oxidation sites excluding steroid dienone is 4. The third-order valence-electron chi connectivity index (χ3n) is 2.41. The molecule has 0 aliphatic rings. The average Bonchev–Trinajstić information content (AvgIpc) is 2.42. The van der Waals surface area contributed by atoms with Crippen molar-refractivity contribution < 1.29 is 9.36 Å². The van der Waals surface area contributed by atoms with Crippen LogP contribution in [-0.4, -0.2) is 5.91 Å². The fourth-order valence-electron chi connectivity index (χ4n) is 1.57. The highest BCUT2D eigenvalue weighted by atomic mass is 31.1. The second-order valence-corrected chi connectivity index (χ2v) is 5.47. The van der Waals surface area contributed by atoms with Crippen LogP contribution in [0.5, 0.6) is 0 Å². The maximum Gasteiger partial charge on any atom is 0.249 e. The van der Waals surface area contributed by atoms with Crippen LogP contribution in [0, 0.1) is 0 Å². The van der Waals surface area contributed by atoms with Crippen LogP contribution in [0.1, 0.15) is 0 Å². The van der Waals surface area contributed by atoms with Gasteiger partial charge in [-0.1, -0.05) is 61.7 Å². The number of rotatable bonds is 6. The Labute approximate surface area is 113 Å². The summed E-state index contributed by atoms with van der Waals surface area (Å²) in [6, 6.07) is 8.94. The molecule has 19 heavy (non-hydrogen) atoms. The van der Waals surface area contributed by atoms with Gasteiger partial charge in [-0.25, -0.2) is 0 Å². The molecule has 0 aliphatic carbocycles. The van der Waals surface area contributed by atoms with E-state index >= 15 is 0 Å². The van der Waals surface area contributed by atoms with E-state index in [0.717, 1.165) is 0 Å². The van der Waals surface area contributed by atoms with Crippen molar-refractivity contribution >= 4 is 19.0 Å². The lowest BCUT2D eigenvalue weighted by atomic mass is 10.2. The van der Waals surface area contributed by atoms with Gasteiger partial charge in [-0.3, -0.25) is 4.79 Å². The summed E-state index contributed by atoms with van der Waals surface area (Å²) < 4.78 is 12.5. The number of primary amides is 1. The van der Waals surface area contributed by atoms with Crippen molar-refractivity contribution in [2.75, 3.05) is 0 Å². The molecule has 1 atom stereocenters. The summed E-state index contributed by atoms with van der Waals surface area (Å²) in [6.07, 6.45) is 5.94. The quantitative estimate of drug-likeness (QED) is 0.492. The smallest absolute Gasteiger partial charge is 0.249 e. The molecule has 0 radical (unpaired) electrons. The number of carbonyl (C=O) groups is 1. The standard InChI is InChI=1S/C15H16NO2P/c1-3-8-13(15(16)17)14(9-4-2)19(18)12-10-6-5-7-11-12/h3-11,19H,1-2H2,(H2,16,17)/b13-8+,14-9+. The van der Waals surface area contributed by atoms with Crippen molar-refractivity contribution in [2.45, 2.75) is 0 Å². The van der Waals surface area contributed by atoms with Gasteiger partial charge in [-0.2, -0.15) is 0 Å². The minimum absolute atomic E-state index is 0.197. The van der Waals surface area contributed by atoms with Crippen LogP contribution >= 0.6 is 7.80 Å². The van der Waals surface area contributed by atoms with Crippen molar-refractivity contribution in [3.8, 4) is 0 Å². The zero-order chi connectivity index (χ0) is 14.3. The number of hydrogen-bond donors (Lipinski definition) is 1. The van der Waals surface area contributed by atoms with Gasteiger partial charge in [-0.15, -0.1) is 0 Å². The first-order valence-corrected chi connectivity index (χ1v) is 7.08. The van der Waals surface area contributed by atoms with Gasteiger partial charge >= 0.3 is 0 Å². The zero-order valence-corrected chi connectivity index (χ0v) is 11.5. The molecule has 0 fully saturated rings. The SMILES string of the molecule is C=C/C=C(C(N)=O)\C(=C/C=C)[PH](=O)c1ccccc1. The zero-order valence-electron chi connectivity index (χ0n) is 10.5. The van der Waals surface area contributed by atoms with Gasteiger partial charge in [0.2, 0.25) is 5.91 Å². The van der Waals surface area contributed by atoms with Crippen molar-refractivity contribution in [1.82, 2.24) is 0 Å². The number of nitrogens with two attached hydrogens (primary N) is 1. The molecule has 2 N–H and O–H groups in total. The first kappa shape index (κ1) is 14.9. The van der Waals surface area contributed by atoms with Crippen LogP contribution in [0.4, 0.5) is 0 Å². The van der Waals surface area contributed by atoms with E-state index in [1.54, 1.807) is 30.3 Å². The molecule has 0 bridgehead atoms. The molecule has 0 aliphatic heterocycles. The molecule has 3 nitrogen and oxygen atoms in total. The molecule has 4 heteroatoms. The predicted molar refractivity (Wildman–Crippen MR) is 80.8 cm³/mol. The van der Waals surface area contributed by atoms with Crippen LogP contribution < -0.4 is 11.0 Å². The van der Waals surface area contributed by atoms with Crippen molar-refractivity contribution in [1.29, 1.82) is 0 Å². The molecule has 0 saturated carbocycles. The van der Waals surface area contributed by atoms with Gasteiger partial charge in [0, 0.05) is 16.2 Å². The first-order valence-electron chi connectivity index (χ1n) is 5.67. The third kappa shape index (κ3) is 3.94. The minimum Gasteiger partial charge on any atom is -0.366 e. The summed E-state index contributed by atoms with van der Waals surface area (Å²) in [4.78, 5) is 11.4. The van der Waals surface area contributed by atoms with E-state index in [2.05, 4.69) is 13.2 Å². The van der Waals surface area contributed by atoms with Crippen molar-refractivity contribution in [3.05, 3.63) is 78.7 Å². The third-order valence-corrected chi connectivity index (χ3v) is 4.19. The minimum atomic E-state index is -2.31. The molecule has 0 heterocycles. The lowest BCUT2D eigenvalue weighted by Gasteiger charge is -2.09. The lowest BCUT2D eigenvalue weighted by molar-refractivity contribution is -0.114. The summed E-state index contributed by atoms with van der Waals surface area (Å²) in [5.41, 5.74) is 5.51. The number of hydrogen-bond acceptors (Lipinski definition) is 2. The van der Waals surface area contributed by atoms with E-state index in [0.29, 0.717) is 10.6 Å². The molecule has 0 spiro atoms. The summed E-state index contributed by atoms with van der Waals surface area (Å²) in [6.45, 7) is 7.10. The molecule has 0 saturated heterocycles. The molecular formula is C15H16NO2P. The maximum absolute atomic E-state index is 12.5. The van der Waals surface area contributed by atoms with E-state index in [1.807, 2.05) is 6.07 Å². The Morgan fingerprint density at radius 2 is 1.68 bits per heavy atom. The number of amides is 1. The summed E-state index contributed by atoms with van der Waals surface area (Å²) in [7, 11) is -2.31. The highest BCUT2D eigenvalue weighted by Crippen LogP contribution is 2.36. The van der Waals surface area contributed by atoms with E-state index in [1.165, 1.54) is 18.2 Å². The Morgan fingerprint density at radius 3 is 2.16 bits per heavy atom. The molecule has 1 amide bonds. The number of carbonyl (C=O) groups excluding carboxylic acids is 1. The van der Waals surface area contributed by atoms with Gasteiger partial charge in [0.05, 0.1) is 0 Å².